The second-order valence-corrected chi connectivity index (χ2v) is 9.75. The lowest BCUT2D eigenvalue weighted by atomic mass is 10.1. The molecule has 0 spiro atoms. The molecule has 1 saturated heterocycles. The summed E-state index contributed by atoms with van der Waals surface area (Å²) in [5, 5.41) is 9.85. The van der Waals surface area contributed by atoms with Crippen LogP contribution in [0.3, 0.4) is 0 Å². The first-order valence-corrected chi connectivity index (χ1v) is 13.1. The lowest BCUT2D eigenvalue weighted by Gasteiger charge is -2.25. The molecule has 1 aliphatic rings. The van der Waals surface area contributed by atoms with Gasteiger partial charge in [-0.3, -0.25) is 4.79 Å². The predicted molar refractivity (Wildman–Crippen MR) is 152 cm³/mol. The molecule has 4 rings (SSSR count). The fraction of sp³-hybridized carbons (Fsp3) is 0.172. The molecule has 1 aliphatic heterocycles. The van der Waals surface area contributed by atoms with Crippen molar-refractivity contribution in [3.63, 3.8) is 0 Å². The molecule has 10 heteroatoms. The van der Waals surface area contributed by atoms with Crippen LogP contribution in [0.2, 0.25) is 0 Å². The number of carbonyl (C=O) groups is 1. The third kappa shape index (κ3) is 8.69. The van der Waals surface area contributed by atoms with E-state index in [1.165, 1.54) is 23.5 Å². The Bertz CT molecular complexity index is 1370. The molecule has 1 aromatic heterocycles. The van der Waals surface area contributed by atoms with Crippen molar-refractivity contribution in [2.75, 3.05) is 36.8 Å². The van der Waals surface area contributed by atoms with Crippen molar-refractivity contribution < 1.29 is 18.0 Å². The minimum atomic E-state index is -4.51. The Kier molecular flexibility index (Phi) is 9.35. The van der Waals surface area contributed by atoms with Crippen molar-refractivity contribution in [1.29, 1.82) is 0 Å². The van der Waals surface area contributed by atoms with Crippen molar-refractivity contribution in [2.45, 2.75) is 6.18 Å². The highest BCUT2D eigenvalue weighted by Crippen LogP contribution is 2.29. The zero-order valence-corrected chi connectivity index (χ0v) is 21.9. The number of rotatable bonds is 9. The van der Waals surface area contributed by atoms with Crippen LogP contribution in [-0.2, 0) is 6.18 Å². The first-order valence-electron chi connectivity index (χ1n) is 12.2. The molecule has 0 saturated carbocycles. The fourth-order valence-corrected chi connectivity index (χ4v) is 4.42. The van der Waals surface area contributed by atoms with Crippen LogP contribution in [-0.4, -0.2) is 42.0 Å². The number of hydrogen-bond acceptors (Lipinski definition) is 6. The quantitative estimate of drug-likeness (QED) is 0.266. The van der Waals surface area contributed by atoms with E-state index in [9.17, 15) is 18.0 Å². The van der Waals surface area contributed by atoms with Crippen LogP contribution in [0.1, 0.15) is 26.4 Å². The lowest BCUT2D eigenvalue weighted by Crippen LogP contribution is -2.40. The summed E-state index contributed by atoms with van der Waals surface area (Å²) in [7, 11) is 0. The number of benzene rings is 2. The topological polar surface area (TPSA) is 69.3 Å². The van der Waals surface area contributed by atoms with Gasteiger partial charge < -0.3 is 20.9 Å². The predicted octanol–water partition coefficient (Wildman–Crippen LogP) is 6.49. The van der Waals surface area contributed by atoms with E-state index >= 15 is 0 Å². The summed E-state index contributed by atoms with van der Waals surface area (Å²) in [6, 6.07) is 11.3. The molecule has 3 N–H and O–H groups in total. The van der Waals surface area contributed by atoms with Crippen molar-refractivity contribution in [1.82, 2.24) is 15.2 Å². The van der Waals surface area contributed by atoms with Crippen LogP contribution < -0.4 is 16.0 Å². The molecular formula is C29H28F3N5OS. The zero-order valence-electron chi connectivity index (χ0n) is 21.0. The van der Waals surface area contributed by atoms with Crippen LogP contribution in [0.5, 0.6) is 0 Å². The molecule has 1 fully saturated rings. The van der Waals surface area contributed by atoms with Crippen LogP contribution in [0.15, 0.2) is 91.4 Å². The number of piperazine rings is 1. The maximum absolute atomic E-state index is 12.9. The third-order valence-corrected chi connectivity index (χ3v) is 6.59. The van der Waals surface area contributed by atoms with Crippen molar-refractivity contribution in [3.8, 4) is 0 Å². The first-order chi connectivity index (χ1) is 18.8. The summed E-state index contributed by atoms with van der Waals surface area (Å²) in [5.74, 6) is -0.610. The maximum Gasteiger partial charge on any atom is 0.416 e. The van der Waals surface area contributed by atoms with E-state index in [1.54, 1.807) is 30.5 Å². The number of halogens is 3. The molecule has 2 heterocycles. The van der Waals surface area contributed by atoms with Gasteiger partial charge in [0.25, 0.3) is 5.91 Å². The van der Waals surface area contributed by atoms with Gasteiger partial charge in [0.1, 0.15) is 0 Å². The van der Waals surface area contributed by atoms with Crippen molar-refractivity contribution >= 4 is 40.2 Å². The minimum absolute atomic E-state index is 0.0618. The highest BCUT2D eigenvalue weighted by Gasteiger charge is 2.30. The summed E-state index contributed by atoms with van der Waals surface area (Å²) < 4.78 is 38.7. The molecule has 0 radical (unpaired) electrons. The van der Waals surface area contributed by atoms with Crippen LogP contribution >= 0.6 is 11.3 Å². The van der Waals surface area contributed by atoms with Crippen molar-refractivity contribution in [2.24, 2.45) is 0 Å². The number of nitrogens with one attached hydrogen (secondary N) is 3. The van der Waals surface area contributed by atoms with Gasteiger partial charge in [-0.2, -0.15) is 13.2 Å². The Labute approximate surface area is 229 Å². The maximum atomic E-state index is 12.9. The zero-order chi connectivity index (χ0) is 27.7. The van der Waals surface area contributed by atoms with E-state index in [1.807, 2.05) is 30.4 Å². The molecule has 39 heavy (non-hydrogen) atoms. The van der Waals surface area contributed by atoms with Gasteiger partial charge in [0.2, 0.25) is 0 Å². The highest BCUT2D eigenvalue weighted by atomic mass is 32.1. The van der Waals surface area contributed by atoms with E-state index in [0.29, 0.717) is 5.69 Å². The van der Waals surface area contributed by atoms with Crippen molar-refractivity contribution in [3.05, 3.63) is 113 Å². The summed E-state index contributed by atoms with van der Waals surface area (Å²) in [6.45, 7) is 8.02. The summed E-state index contributed by atoms with van der Waals surface area (Å²) >= 11 is 1.48. The molecule has 0 unspecified atom stereocenters. The van der Waals surface area contributed by atoms with Gasteiger partial charge in [0.15, 0.2) is 5.13 Å². The highest BCUT2D eigenvalue weighted by molar-refractivity contribution is 7.16. The Hall–Kier alpha value is -4.15. The Balaban J connectivity index is 1.26. The molecule has 2 aromatic carbocycles. The van der Waals surface area contributed by atoms with Gasteiger partial charge in [-0.05, 0) is 60.3 Å². The number of aromatic nitrogens is 1. The molecule has 1 amide bonds. The average molecular weight is 552 g/mol. The Morgan fingerprint density at radius 2 is 1.82 bits per heavy atom. The molecule has 202 valence electrons. The largest absolute Gasteiger partial charge is 0.416 e. The monoisotopic (exact) mass is 551 g/mol. The van der Waals surface area contributed by atoms with Gasteiger partial charge >= 0.3 is 6.18 Å². The number of thiazole rings is 1. The number of allylic oxidation sites excluding steroid dienone is 3. The molecule has 0 aliphatic carbocycles. The number of carbonyl (C=O) groups excluding carboxylic acids is 1. The van der Waals surface area contributed by atoms with Gasteiger partial charge in [0.05, 0.1) is 5.56 Å². The standard InChI is InChI=1S/C29H28F3N5OS/c1-21(5-2-3-16-37-17-14-33-15-18-37)35-28-34-20-26(39-28)13-10-22-8-11-25(12-9-22)36-27(38)23-6-4-7-24(19-23)29(30,31)32/h2-13,16,19-20,33H,1,14-15,17-18H2,(H,34,35)(H,36,38)/b5-2-,13-10+,16-3+. The number of alkyl halides is 3. The molecule has 3 aromatic rings. The number of nitrogens with zero attached hydrogens (tertiary/aromatic N) is 2. The second-order valence-electron chi connectivity index (χ2n) is 8.69. The number of anilines is 2. The minimum Gasteiger partial charge on any atom is -0.375 e. The van der Waals surface area contributed by atoms with E-state index < -0.39 is 17.6 Å². The second kappa shape index (κ2) is 13.1. The summed E-state index contributed by atoms with van der Waals surface area (Å²) in [5.41, 5.74) is 1.17. The molecule has 0 bridgehead atoms. The fourth-order valence-electron chi connectivity index (χ4n) is 3.67. The SMILES string of the molecule is C=C(/C=C\C=C\N1CCNCC1)Nc1ncc(/C=C/c2ccc(NC(=O)c3cccc(C(F)(F)F)c3)cc2)s1. The smallest absolute Gasteiger partial charge is 0.375 e. The molecular weight excluding hydrogens is 523 g/mol. The normalized spacial score (nSPS) is 14.4. The summed E-state index contributed by atoms with van der Waals surface area (Å²) in [4.78, 5) is 20.0. The van der Waals surface area contributed by atoms with E-state index in [0.717, 1.165) is 59.6 Å². The third-order valence-electron chi connectivity index (χ3n) is 5.71. The van der Waals surface area contributed by atoms with E-state index in [2.05, 4.69) is 38.6 Å². The van der Waals surface area contributed by atoms with Gasteiger partial charge in [-0.25, -0.2) is 4.98 Å². The average Bonchev–Trinajstić information content (AvgIpc) is 3.38. The summed E-state index contributed by atoms with van der Waals surface area (Å²) in [6.07, 6.45) is 8.99. The van der Waals surface area contributed by atoms with Gasteiger partial charge in [-0.1, -0.05) is 48.3 Å². The Morgan fingerprint density at radius 1 is 1.05 bits per heavy atom. The van der Waals surface area contributed by atoms with Crippen LogP contribution in [0.4, 0.5) is 24.0 Å². The van der Waals surface area contributed by atoms with Crippen LogP contribution in [0, 0.1) is 0 Å². The van der Waals surface area contributed by atoms with E-state index in [4.69, 9.17) is 0 Å². The molecule has 6 nitrogen and oxygen atoms in total. The molecule has 0 atom stereocenters. The number of hydrogen-bond donors (Lipinski definition) is 3. The lowest BCUT2D eigenvalue weighted by molar-refractivity contribution is -0.137. The van der Waals surface area contributed by atoms with E-state index in [-0.39, 0.29) is 5.56 Å². The first kappa shape index (κ1) is 27.9. The van der Waals surface area contributed by atoms with Crippen LogP contribution in [0.25, 0.3) is 12.2 Å². The Morgan fingerprint density at radius 3 is 2.56 bits per heavy atom. The van der Waals surface area contributed by atoms with Gasteiger partial charge in [-0.15, -0.1) is 0 Å². The number of amides is 1. The van der Waals surface area contributed by atoms with Gasteiger partial charge in [0, 0.05) is 54.2 Å².